The van der Waals surface area contributed by atoms with E-state index in [0.717, 1.165) is 5.76 Å². The van der Waals surface area contributed by atoms with Crippen LogP contribution in [0.3, 0.4) is 0 Å². The molecule has 1 atom stereocenters. The molecule has 1 aliphatic carbocycles. The van der Waals surface area contributed by atoms with Crippen molar-refractivity contribution in [2.45, 2.75) is 26.1 Å². The summed E-state index contributed by atoms with van der Waals surface area (Å²) in [5, 5.41) is 9.84. The van der Waals surface area contributed by atoms with Crippen LogP contribution in [-0.4, -0.2) is 24.1 Å². The largest absolute Gasteiger partial charge is 0.498 e. The van der Waals surface area contributed by atoms with Crippen molar-refractivity contribution in [3.63, 3.8) is 0 Å². The molecule has 0 aliphatic heterocycles. The van der Waals surface area contributed by atoms with Gasteiger partial charge in [-0.25, -0.2) is 0 Å². The minimum atomic E-state index is -1.17. The van der Waals surface area contributed by atoms with E-state index in [9.17, 15) is 5.11 Å². The molecule has 0 fully saturated rings. The number of aliphatic hydroxyl groups is 1. The van der Waals surface area contributed by atoms with Crippen LogP contribution in [-0.2, 0) is 9.47 Å². The average molecular weight is 184 g/mol. The maximum atomic E-state index is 9.84. The molecular formula is C10H16O3. The lowest BCUT2D eigenvalue weighted by Crippen LogP contribution is -2.32. The summed E-state index contributed by atoms with van der Waals surface area (Å²) in [6.07, 6.45) is 5.63. The van der Waals surface area contributed by atoms with Gasteiger partial charge in [-0.15, -0.1) is 0 Å². The third-order valence-corrected chi connectivity index (χ3v) is 1.79. The zero-order valence-electron chi connectivity index (χ0n) is 8.12. The first-order valence-corrected chi connectivity index (χ1v) is 4.57. The van der Waals surface area contributed by atoms with Gasteiger partial charge in [-0.05, 0) is 26.0 Å². The highest BCUT2D eigenvalue weighted by Gasteiger charge is 2.27. The van der Waals surface area contributed by atoms with Crippen molar-refractivity contribution in [1.29, 1.82) is 0 Å². The van der Waals surface area contributed by atoms with E-state index >= 15 is 0 Å². The molecule has 0 saturated heterocycles. The fourth-order valence-corrected chi connectivity index (χ4v) is 1.31. The molecule has 0 amide bonds. The van der Waals surface area contributed by atoms with Gasteiger partial charge in [-0.2, -0.15) is 0 Å². The number of hydrogen-bond donors (Lipinski definition) is 1. The lowest BCUT2D eigenvalue weighted by Gasteiger charge is -2.27. The Kier molecular flexibility index (Phi) is 3.51. The normalized spacial score (nSPS) is 27.2. The fourth-order valence-electron chi connectivity index (χ4n) is 1.31. The summed E-state index contributed by atoms with van der Waals surface area (Å²) in [4.78, 5) is 0. The molecule has 3 nitrogen and oxygen atoms in total. The van der Waals surface area contributed by atoms with Crippen molar-refractivity contribution in [2.75, 3.05) is 13.2 Å². The summed E-state index contributed by atoms with van der Waals surface area (Å²) < 4.78 is 10.5. The van der Waals surface area contributed by atoms with Crippen molar-refractivity contribution in [2.24, 2.45) is 0 Å². The first kappa shape index (κ1) is 10.3. The second-order valence-corrected chi connectivity index (χ2v) is 2.88. The SMILES string of the molecule is CCOC1=CC=CC(O)(OCC)C1. The predicted molar refractivity (Wildman–Crippen MR) is 50.0 cm³/mol. The quantitative estimate of drug-likeness (QED) is 0.674. The van der Waals surface area contributed by atoms with E-state index < -0.39 is 5.79 Å². The molecule has 3 heteroatoms. The van der Waals surface area contributed by atoms with Crippen LogP contribution in [0.2, 0.25) is 0 Å². The molecule has 0 aromatic carbocycles. The summed E-state index contributed by atoms with van der Waals surface area (Å²) in [5.74, 6) is -0.408. The van der Waals surface area contributed by atoms with Crippen molar-refractivity contribution in [3.8, 4) is 0 Å². The highest BCUT2D eigenvalue weighted by atomic mass is 16.6. The van der Waals surface area contributed by atoms with Crippen LogP contribution in [0, 0.1) is 0 Å². The van der Waals surface area contributed by atoms with Gasteiger partial charge in [-0.1, -0.05) is 6.08 Å². The van der Waals surface area contributed by atoms with E-state index in [4.69, 9.17) is 9.47 Å². The molecule has 0 aromatic rings. The van der Waals surface area contributed by atoms with Crippen LogP contribution in [0.25, 0.3) is 0 Å². The zero-order valence-corrected chi connectivity index (χ0v) is 8.12. The second-order valence-electron chi connectivity index (χ2n) is 2.88. The van der Waals surface area contributed by atoms with Crippen molar-refractivity contribution >= 4 is 0 Å². The van der Waals surface area contributed by atoms with Gasteiger partial charge in [-0.3, -0.25) is 0 Å². The molecule has 0 bridgehead atoms. The fraction of sp³-hybridized carbons (Fsp3) is 0.600. The summed E-state index contributed by atoms with van der Waals surface area (Å²) in [6, 6.07) is 0. The topological polar surface area (TPSA) is 38.7 Å². The Hall–Kier alpha value is -0.800. The first-order chi connectivity index (χ1) is 6.20. The Bertz CT molecular complexity index is 220. The number of allylic oxidation sites excluding steroid dienone is 2. The van der Waals surface area contributed by atoms with E-state index in [1.807, 2.05) is 19.9 Å². The number of hydrogen-bond acceptors (Lipinski definition) is 3. The summed E-state index contributed by atoms with van der Waals surface area (Å²) in [5.41, 5.74) is 0. The van der Waals surface area contributed by atoms with Gasteiger partial charge in [0, 0.05) is 6.61 Å². The van der Waals surface area contributed by atoms with Gasteiger partial charge in [0.05, 0.1) is 13.0 Å². The molecule has 13 heavy (non-hydrogen) atoms. The van der Waals surface area contributed by atoms with E-state index in [0.29, 0.717) is 19.6 Å². The molecule has 0 radical (unpaired) electrons. The monoisotopic (exact) mass is 184 g/mol. The Morgan fingerprint density at radius 2 is 2.23 bits per heavy atom. The summed E-state index contributed by atoms with van der Waals surface area (Å²) >= 11 is 0. The maximum absolute atomic E-state index is 9.84. The number of ether oxygens (including phenoxy) is 2. The van der Waals surface area contributed by atoms with Crippen LogP contribution < -0.4 is 0 Å². The van der Waals surface area contributed by atoms with Gasteiger partial charge in [0.2, 0.25) is 0 Å². The Labute approximate surface area is 78.7 Å². The van der Waals surface area contributed by atoms with Crippen LogP contribution in [0.1, 0.15) is 20.3 Å². The maximum Gasteiger partial charge on any atom is 0.192 e. The van der Waals surface area contributed by atoms with Crippen molar-refractivity contribution < 1.29 is 14.6 Å². The van der Waals surface area contributed by atoms with Crippen LogP contribution >= 0.6 is 0 Å². The van der Waals surface area contributed by atoms with Crippen LogP contribution in [0.4, 0.5) is 0 Å². The Balaban J connectivity index is 2.57. The summed E-state index contributed by atoms with van der Waals surface area (Å²) in [6.45, 7) is 4.87. The highest BCUT2D eigenvalue weighted by molar-refractivity contribution is 5.19. The average Bonchev–Trinajstić information content (AvgIpc) is 2.04. The smallest absolute Gasteiger partial charge is 0.192 e. The third kappa shape index (κ3) is 2.86. The highest BCUT2D eigenvalue weighted by Crippen LogP contribution is 2.24. The van der Waals surface area contributed by atoms with E-state index in [-0.39, 0.29) is 0 Å². The summed E-state index contributed by atoms with van der Waals surface area (Å²) in [7, 11) is 0. The minimum Gasteiger partial charge on any atom is -0.498 e. The van der Waals surface area contributed by atoms with Gasteiger partial charge in [0.25, 0.3) is 0 Å². The molecular weight excluding hydrogens is 168 g/mol. The molecule has 1 unspecified atom stereocenters. The molecule has 0 spiro atoms. The predicted octanol–water partition coefficient (Wildman–Crippen LogP) is 1.59. The van der Waals surface area contributed by atoms with Gasteiger partial charge >= 0.3 is 0 Å². The van der Waals surface area contributed by atoms with Crippen LogP contribution in [0.5, 0.6) is 0 Å². The lowest BCUT2D eigenvalue weighted by molar-refractivity contribution is -0.167. The zero-order chi connectivity index (χ0) is 9.73. The molecule has 1 aliphatic rings. The molecule has 74 valence electrons. The molecule has 0 heterocycles. The minimum absolute atomic E-state index is 0.394. The standard InChI is InChI=1S/C10H16O3/c1-3-12-9-6-5-7-10(11,8-9)13-4-2/h5-7,11H,3-4,8H2,1-2H3. The van der Waals surface area contributed by atoms with Gasteiger partial charge in [0.1, 0.15) is 5.76 Å². The van der Waals surface area contributed by atoms with Gasteiger partial charge < -0.3 is 14.6 Å². The second kappa shape index (κ2) is 4.44. The van der Waals surface area contributed by atoms with E-state index in [2.05, 4.69) is 0 Å². The molecule has 1 N–H and O–H groups in total. The molecule has 1 rings (SSSR count). The Morgan fingerprint density at radius 3 is 2.85 bits per heavy atom. The van der Waals surface area contributed by atoms with Crippen molar-refractivity contribution in [1.82, 2.24) is 0 Å². The lowest BCUT2D eigenvalue weighted by atomic mass is 10.1. The Morgan fingerprint density at radius 1 is 1.46 bits per heavy atom. The third-order valence-electron chi connectivity index (χ3n) is 1.79. The number of rotatable bonds is 4. The van der Waals surface area contributed by atoms with E-state index in [1.54, 1.807) is 12.2 Å². The molecule has 0 saturated carbocycles. The van der Waals surface area contributed by atoms with E-state index in [1.165, 1.54) is 0 Å². The van der Waals surface area contributed by atoms with Gasteiger partial charge in [0.15, 0.2) is 5.79 Å². The van der Waals surface area contributed by atoms with Crippen molar-refractivity contribution in [3.05, 3.63) is 24.0 Å². The molecule has 0 aromatic heterocycles. The van der Waals surface area contributed by atoms with Crippen LogP contribution in [0.15, 0.2) is 24.0 Å². The first-order valence-electron chi connectivity index (χ1n) is 4.57.